The molecule has 3 rings (SSSR count). The highest BCUT2D eigenvalue weighted by molar-refractivity contribution is 7.19. The van der Waals surface area contributed by atoms with E-state index in [1.54, 1.807) is 11.3 Å². The van der Waals surface area contributed by atoms with Gasteiger partial charge in [0, 0.05) is 30.4 Å². The quantitative estimate of drug-likeness (QED) is 0.267. The van der Waals surface area contributed by atoms with E-state index in [-0.39, 0.29) is 5.04 Å². The molecule has 0 N–H and O–H groups in total. The van der Waals surface area contributed by atoms with Gasteiger partial charge >= 0.3 is 0 Å². The first-order valence-electron chi connectivity index (χ1n) is 11.2. The van der Waals surface area contributed by atoms with Gasteiger partial charge in [-0.15, -0.1) is 11.3 Å². The van der Waals surface area contributed by atoms with E-state index in [0.29, 0.717) is 5.57 Å². The Hall–Kier alpha value is -2.62. The summed E-state index contributed by atoms with van der Waals surface area (Å²) in [6.07, 6.45) is 1.92. The van der Waals surface area contributed by atoms with E-state index in [1.807, 2.05) is 30.3 Å². The second-order valence-electron chi connectivity index (χ2n) is 9.41. The van der Waals surface area contributed by atoms with E-state index in [2.05, 4.69) is 81.9 Å². The zero-order valence-electron chi connectivity index (χ0n) is 20.2. The summed E-state index contributed by atoms with van der Waals surface area (Å²) in [5.41, 5.74) is 3.53. The third kappa shape index (κ3) is 5.06. The number of hydrogen-bond donors (Lipinski definition) is 0. The lowest BCUT2D eigenvalue weighted by Crippen LogP contribution is -2.44. The number of hydrogen-bond acceptors (Lipinski definition) is 5. The van der Waals surface area contributed by atoms with E-state index < -0.39 is 8.32 Å². The molecule has 0 aliphatic rings. The highest BCUT2D eigenvalue weighted by atomic mass is 32.1. The predicted molar refractivity (Wildman–Crippen MR) is 141 cm³/mol. The van der Waals surface area contributed by atoms with Crippen molar-refractivity contribution < 1.29 is 4.43 Å². The number of para-hydroxylation sites is 1. The van der Waals surface area contributed by atoms with Crippen molar-refractivity contribution in [1.29, 1.82) is 5.26 Å². The van der Waals surface area contributed by atoms with Crippen LogP contribution in [0.25, 0.3) is 21.9 Å². The Kier molecular flexibility index (Phi) is 7.11. The average Bonchev–Trinajstić information content (AvgIpc) is 3.17. The van der Waals surface area contributed by atoms with Crippen molar-refractivity contribution in [2.75, 3.05) is 18.0 Å². The van der Waals surface area contributed by atoms with Crippen LogP contribution in [0.4, 0.5) is 5.69 Å². The van der Waals surface area contributed by atoms with Gasteiger partial charge in [0.05, 0.1) is 15.8 Å². The monoisotopic (exact) mass is 463 g/mol. The first-order chi connectivity index (χ1) is 15.1. The fourth-order valence-electron chi connectivity index (χ4n) is 3.23. The maximum atomic E-state index is 9.95. The van der Waals surface area contributed by atoms with Crippen LogP contribution in [-0.2, 0) is 0 Å². The van der Waals surface area contributed by atoms with Crippen LogP contribution < -0.4 is 9.33 Å². The summed E-state index contributed by atoms with van der Waals surface area (Å²) in [5.74, 6) is 0.842. The van der Waals surface area contributed by atoms with Gasteiger partial charge in [-0.25, -0.2) is 4.98 Å². The van der Waals surface area contributed by atoms with E-state index >= 15 is 0 Å². The van der Waals surface area contributed by atoms with Gasteiger partial charge in [0.1, 0.15) is 16.8 Å². The van der Waals surface area contributed by atoms with Gasteiger partial charge < -0.3 is 9.33 Å². The molecule has 4 nitrogen and oxygen atoms in total. The molecule has 0 aliphatic carbocycles. The fraction of sp³-hybridized carbons (Fsp3) is 0.385. The summed E-state index contributed by atoms with van der Waals surface area (Å²) in [7, 11) is -2.07. The van der Waals surface area contributed by atoms with Crippen LogP contribution in [0.15, 0.2) is 42.5 Å². The topological polar surface area (TPSA) is 49.2 Å². The Bertz CT molecular complexity index is 1130. The number of allylic oxidation sites excluding steroid dienone is 1. The van der Waals surface area contributed by atoms with Crippen LogP contribution in [0.3, 0.4) is 0 Å². The zero-order chi connectivity index (χ0) is 23.5. The molecule has 0 saturated heterocycles. The van der Waals surface area contributed by atoms with Crippen LogP contribution in [0.1, 0.15) is 45.2 Å². The summed E-state index contributed by atoms with van der Waals surface area (Å²) in [5, 5.41) is 10.8. The van der Waals surface area contributed by atoms with Crippen LogP contribution >= 0.6 is 11.3 Å². The molecular formula is C26H33N3OSSi. The molecule has 6 heteroatoms. The smallest absolute Gasteiger partial charge is 0.250 e. The highest BCUT2D eigenvalue weighted by Crippen LogP contribution is 2.40. The minimum Gasteiger partial charge on any atom is -0.543 e. The molecule has 0 saturated carbocycles. The molecule has 0 radical (unpaired) electrons. The van der Waals surface area contributed by atoms with Crippen molar-refractivity contribution in [2.45, 2.75) is 52.8 Å². The molecule has 1 heterocycles. The van der Waals surface area contributed by atoms with Crippen molar-refractivity contribution in [1.82, 2.24) is 4.98 Å². The summed E-state index contributed by atoms with van der Waals surface area (Å²) in [6.45, 7) is 17.4. The van der Waals surface area contributed by atoms with Crippen molar-refractivity contribution in [3.05, 3.63) is 53.0 Å². The third-order valence-corrected chi connectivity index (χ3v) is 11.7. The molecule has 0 spiro atoms. The summed E-state index contributed by atoms with van der Waals surface area (Å²) < 4.78 is 7.84. The Morgan fingerprint density at radius 1 is 1.16 bits per heavy atom. The van der Waals surface area contributed by atoms with E-state index in [9.17, 15) is 5.26 Å². The summed E-state index contributed by atoms with van der Waals surface area (Å²) >= 11 is 1.55. The predicted octanol–water partition coefficient (Wildman–Crippen LogP) is 7.59. The Morgan fingerprint density at radius 3 is 2.44 bits per heavy atom. The lowest BCUT2D eigenvalue weighted by molar-refractivity contribution is 0.491. The normalized spacial score (nSPS) is 12.6. The van der Waals surface area contributed by atoms with E-state index in [1.165, 1.54) is 0 Å². The number of nitrogens with zero attached hydrogens (tertiary/aromatic N) is 3. The van der Waals surface area contributed by atoms with Crippen molar-refractivity contribution >= 4 is 47.2 Å². The standard InChI is InChI=1S/C26H33N3OSSi/c1-8-29(9-2)21-15-14-19(23(17-21)30-32(6,7)26(3,4)5)16-20(18-27)25-28-22-12-10-11-13-24(22)31-25/h10-17H,8-9H2,1-7H3/b20-16+. The molecule has 0 amide bonds. The van der Waals surface area contributed by atoms with Crippen LogP contribution in [-0.4, -0.2) is 26.4 Å². The molecule has 0 aliphatic heterocycles. The molecule has 168 valence electrons. The van der Waals surface area contributed by atoms with Gasteiger partial charge in [0.2, 0.25) is 0 Å². The maximum absolute atomic E-state index is 9.95. The average molecular weight is 464 g/mol. The molecule has 2 aromatic carbocycles. The SMILES string of the molecule is CCN(CC)c1ccc(/C=C(\C#N)c2nc3ccccc3s2)c(O[Si](C)(C)C(C)(C)C)c1. The second-order valence-corrected chi connectivity index (χ2v) is 15.2. The number of anilines is 1. The maximum Gasteiger partial charge on any atom is 0.250 e. The first kappa shape index (κ1) is 24.0. The summed E-state index contributed by atoms with van der Waals surface area (Å²) in [4.78, 5) is 6.99. The molecule has 32 heavy (non-hydrogen) atoms. The number of aromatic nitrogens is 1. The third-order valence-electron chi connectivity index (χ3n) is 6.24. The van der Waals surface area contributed by atoms with Crippen molar-refractivity contribution in [3.63, 3.8) is 0 Å². The van der Waals surface area contributed by atoms with Gasteiger partial charge in [-0.05, 0) is 62.3 Å². The number of benzene rings is 2. The summed E-state index contributed by atoms with van der Waals surface area (Å²) in [6, 6.07) is 16.7. The number of fused-ring (bicyclic) bond motifs is 1. The van der Waals surface area contributed by atoms with Gasteiger partial charge in [0.15, 0.2) is 0 Å². The lowest BCUT2D eigenvalue weighted by Gasteiger charge is -2.37. The molecule has 0 bridgehead atoms. The number of nitriles is 1. The largest absolute Gasteiger partial charge is 0.543 e. The van der Waals surface area contributed by atoms with E-state index in [4.69, 9.17) is 4.43 Å². The molecule has 0 unspecified atom stereocenters. The lowest BCUT2D eigenvalue weighted by atomic mass is 10.1. The van der Waals surface area contributed by atoms with Gasteiger partial charge in [-0.1, -0.05) is 32.9 Å². The number of thiazole rings is 1. The Morgan fingerprint density at radius 2 is 1.84 bits per heavy atom. The highest BCUT2D eigenvalue weighted by Gasteiger charge is 2.39. The molecule has 0 atom stereocenters. The molecular weight excluding hydrogens is 430 g/mol. The molecule has 3 aromatic rings. The second kappa shape index (κ2) is 9.48. The van der Waals surface area contributed by atoms with Crippen LogP contribution in [0.5, 0.6) is 5.75 Å². The fourth-order valence-corrected chi connectivity index (χ4v) is 5.19. The van der Waals surface area contributed by atoms with Crippen LogP contribution in [0.2, 0.25) is 18.1 Å². The van der Waals surface area contributed by atoms with Crippen LogP contribution in [0, 0.1) is 11.3 Å². The van der Waals surface area contributed by atoms with Gasteiger partial charge in [0.25, 0.3) is 8.32 Å². The Balaban J connectivity index is 2.11. The minimum atomic E-state index is -2.07. The first-order valence-corrected chi connectivity index (χ1v) is 14.9. The van der Waals surface area contributed by atoms with Gasteiger partial charge in [-0.2, -0.15) is 5.26 Å². The van der Waals surface area contributed by atoms with Crippen molar-refractivity contribution in [2.24, 2.45) is 0 Å². The number of rotatable bonds is 7. The van der Waals surface area contributed by atoms with Gasteiger partial charge in [-0.3, -0.25) is 0 Å². The Labute approximate surface area is 197 Å². The minimum absolute atomic E-state index is 0.0737. The zero-order valence-corrected chi connectivity index (χ0v) is 22.0. The molecule has 1 aromatic heterocycles. The van der Waals surface area contributed by atoms with Crippen molar-refractivity contribution in [3.8, 4) is 11.8 Å². The van der Waals surface area contributed by atoms with E-state index in [0.717, 1.165) is 45.3 Å². The molecule has 0 fully saturated rings.